The molecule has 1 aromatic heterocycles. The van der Waals surface area contributed by atoms with Crippen molar-refractivity contribution >= 4 is 23.2 Å². The Morgan fingerprint density at radius 1 is 1.39 bits per heavy atom. The molecule has 1 heterocycles. The first-order valence-corrected chi connectivity index (χ1v) is 9.07. The number of hydrogen-bond donors (Lipinski definition) is 2. The molecule has 2 N–H and O–H groups in total. The van der Waals surface area contributed by atoms with Crippen LogP contribution in [0.25, 0.3) is 0 Å². The first-order valence-electron chi connectivity index (χ1n) is 8.19. The van der Waals surface area contributed by atoms with Crippen LogP contribution in [-0.4, -0.2) is 50.0 Å². The van der Waals surface area contributed by atoms with E-state index < -0.39 is 0 Å². The Hall–Kier alpha value is -1.56. The number of likely N-dealkylation sites (N-methyl/N-ethyl adjacent to an activating group) is 1. The van der Waals surface area contributed by atoms with Gasteiger partial charge >= 0.3 is 0 Å². The van der Waals surface area contributed by atoms with Crippen molar-refractivity contribution in [1.82, 2.24) is 15.5 Å². The molecular formula is C17H30N4OS. The van der Waals surface area contributed by atoms with E-state index in [9.17, 15) is 4.79 Å². The molecule has 2 atom stereocenters. The SMILES string of the molecule is CCC(C)NC(=NCC(=O)N(C)C)NCC(C)Cc1cccs1. The molecule has 0 spiro atoms. The normalized spacial score (nSPS) is 14.2. The number of amides is 1. The van der Waals surface area contributed by atoms with E-state index in [1.807, 2.05) is 0 Å². The molecule has 2 unspecified atom stereocenters. The molecule has 0 aliphatic heterocycles. The second-order valence-corrected chi connectivity index (χ2v) is 7.21. The summed E-state index contributed by atoms with van der Waals surface area (Å²) < 4.78 is 0. The molecule has 0 fully saturated rings. The van der Waals surface area contributed by atoms with E-state index in [1.165, 1.54) is 4.88 Å². The van der Waals surface area contributed by atoms with Gasteiger partial charge in [-0.25, -0.2) is 4.99 Å². The summed E-state index contributed by atoms with van der Waals surface area (Å²) in [6, 6.07) is 4.58. The molecule has 23 heavy (non-hydrogen) atoms. The van der Waals surface area contributed by atoms with E-state index >= 15 is 0 Å². The summed E-state index contributed by atoms with van der Waals surface area (Å²) in [6.45, 7) is 7.45. The summed E-state index contributed by atoms with van der Waals surface area (Å²) in [5.41, 5.74) is 0. The maximum atomic E-state index is 11.7. The maximum absolute atomic E-state index is 11.7. The average Bonchev–Trinajstić information content (AvgIpc) is 3.01. The molecule has 5 nitrogen and oxygen atoms in total. The lowest BCUT2D eigenvalue weighted by atomic mass is 10.1. The molecule has 0 saturated heterocycles. The summed E-state index contributed by atoms with van der Waals surface area (Å²) in [5.74, 6) is 1.22. The van der Waals surface area contributed by atoms with Crippen LogP contribution in [0.1, 0.15) is 32.1 Å². The Bertz CT molecular complexity index is 485. The molecule has 0 aliphatic carbocycles. The van der Waals surface area contributed by atoms with Gasteiger partial charge in [0, 0.05) is 31.6 Å². The lowest BCUT2D eigenvalue weighted by molar-refractivity contribution is -0.127. The highest BCUT2D eigenvalue weighted by molar-refractivity contribution is 7.09. The van der Waals surface area contributed by atoms with Crippen molar-refractivity contribution < 1.29 is 4.79 Å². The Labute approximate surface area is 144 Å². The molecule has 1 amide bonds. The average molecular weight is 339 g/mol. The van der Waals surface area contributed by atoms with Crippen molar-refractivity contribution in [1.29, 1.82) is 0 Å². The minimum atomic E-state index is 0.00175. The van der Waals surface area contributed by atoms with Gasteiger partial charge < -0.3 is 15.5 Å². The van der Waals surface area contributed by atoms with E-state index in [1.54, 1.807) is 30.3 Å². The van der Waals surface area contributed by atoms with E-state index in [0.29, 0.717) is 17.9 Å². The van der Waals surface area contributed by atoms with Crippen LogP contribution in [-0.2, 0) is 11.2 Å². The Morgan fingerprint density at radius 3 is 2.70 bits per heavy atom. The molecule has 1 aromatic rings. The van der Waals surface area contributed by atoms with Gasteiger partial charge in [0.2, 0.25) is 5.91 Å². The van der Waals surface area contributed by atoms with Crippen LogP contribution in [0.5, 0.6) is 0 Å². The number of nitrogens with zero attached hydrogens (tertiary/aromatic N) is 2. The summed E-state index contributed by atoms with van der Waals surface area (Å²) in [6.07, 6.45) is 2.06. The summed E-state index contributed by atoms with van der Waals surface area (Å²) in [7, 11) is 3.49. The Morgan fingerprint density at radius 2 is 2.13 bits per heavy atom. The third-order valence-electron chi connectivity index (χ3n) is 3.61. The molecule has 130 valence electrons. The van der Waals surface area contributed by atoms with Gasteiger partial charge in [-0.2, -0.15) is 0 Å². The van der Waals surface area contributed by atoms with Crippen LogP contribution >= 0.6 is 11.3 Å². The summed E-state index contributed by atoms with van der Waals surface area (Å²) in [5, 5.41) is 8.82. The van der Waals surface area contributed by atoms with Crippen molar-refractivity contribution in [2.24, 2.45) is 10.9 Å². The van der Waals surface area contributed by atoms with Crippen molar-refractivity contribution in [3.63, 3.8) is 0 Å². The zero-order chi connectivity index (χ0) is 17.2. The van der Waals surface area contributed by atoms with E-state index in [2.05, 4.69) is 53.9 Å². The third kappa shape index (κ3) is 8.02. The van der Waals surface area contributed by atoms with Gasteiger partial charge in [-0.3, -0.25) is 4.79 Å². The van der Waals surface area contributed by atoms with Crippen LogP contribution in [0.3, 0.4) is 0 Å². The quantitative estimate of drug-likeness (QED) is 0.565. The zero-order valence-electron chi connectivity index (χ0n) is 14.9. The molecule has 0 radical (unpaired) electrons. The van der Waals surface area contributed by atoms with Crippen LogP contribution in [0.15, 0.2) is 22.5 Å². The first-order chi connectivity index (χ1) is 10.9. The fourth-order valence-corrected chi connectivity index (χ4v) is 2.76. The highest BCUT2D eigenvalue weighted by atomic mass is 32.1. The molecule has 0 aliphatic rings. The highest BCUT2D eigenvalue weighted by Crippen LogP contribution is 2.13. The van der Waals surface area contributed by atoms with E-state index in [0.717, 1.165) is 19.4 Å². The van der Waals surface area contributed by atoms with Crippen molar-refractivity contribution in [2.75, 3.05) is 27.2 Å². The maximum Gasteiger partial charge on any atom is 0.243 e. The predicted octanol–water partition coefficient (Wildman–Crippen LogP) is 2.35. The number of hydrogen-bond acceptors (Lipinski definition) is 3. The van der Waals surface area contributed by atoms with Gasteiger partial charge in [0.05, 0.1) is 0 Å². The van der Waals surface area contributed by atoms with Gasteiger partial charge in [0.15, 0.2) is 5.96 Å². The lowest BCUT2D eigenvalue weighted by Gasteiger charge is -2.19. The van der Waals surface area contributed by atoms with Crippen LogP contribution < -0.4 is 10.6 Å². The number of rotatable bonds is 8. The number of aliphatic imine (C=N–C) groups is 1. The number of carbonyl (C=O) groups excluding carboxylic acids is 1. The molecule has 0 saturated carbocycles. The number of carbonyl (C=O) groups is 1. The monoisotopic (exact) mass is 338 g/mol. The van der Waals surface area contributed by atoms with E-state index in [4.69, 9.17) is 0 Å². The Kier molecular flexibility index (Phi) is 8.69. The van der Waals surface area contributed by atoms with Crippen molar-refractivity contribution in [3.8, 4) is 0 Å². The number of guanidine groups is 1. The van der Waals surface area contributed by atoms with Crippen LogP contribution in [0, 0.1) is 5.92 Å². The molecular weight excluding hydrogens is 308 g/mol. The summed E-state index contributed by atoms with van der Waals surface area (Å²) >= 11 is 1.79. The van der Waals surface area contributed by atoms with Crippen LogP contribution in [0.2, 0.25) is 0 Å². The smallest absolute Gasteiger partial charge is 0.243 e. The topological polar surface area (TPSA) is 56.7 Å². The largest absolute Gasteiger partial charge is 0.356 e. The first kappa shape index (κ1) is 19.5. The van der Waals surface area contributed by atoms with Gasteiger partial charge in [-0.1, -0.05) is 19.9 Å². The molecule has 1 rings (SSSR count). The molecule has 0 bridgehead atoms. The second kappa shape index (κ2) is 10.3. The molecule has 6 heteroatoms. The standard InChI is InChI=1S/C17H30N4OS/c1-6-14(3)20-17(19-12-16(22)21(4)5)18-11-13(2)10-15-8-7-9-23-15/h7-9,13-14H,6,10-12H2,1-5H3,(H2,18,19,20). The minimum absolute atomic E-state index is 0.00175. The predicted molar refractivity (Wildman–Crippen MR) is 99.1 cm³/mol. The Balaban J connectivity index is 2.54. The minimum Gasteiger partial charge on any atom is -0.356 e. The number of thiophene rings is 1. The van der Waals surface area contributed by atoms with Gasteiger partial charge in [-0.15, -0.1) is 11.3 Å². The zero-order valence-corrected chi connectivity index (χ0v) is 15.7. The lowest BCUT2D eigenvalue weighted by Crippen LogP contribution is -2.44. The third-order valence-corrected chi connectivity index (χ3v) is 4.51. The fourth-order valence-electron chi connectivity index (χ4n) is 1.89. The highest BCUT2D eigenvalue weighted by Gasteiger charge is 2.09. The van der Waals surface area contributed by atoms with E-state index in [-0.39, 0.29) is 12.5 Å². The fraction of sp³-hybridized carbons (Fsp3) is 0.647. The van der Waals surface area contributed by atoms with Gasteiger partial charge in [0.1, 0.15) is 6.54 Å². The van der Waals surface area contributed by atoms with Gasteiger partial charge in [-0.05, 0) is 37.1 Å². The molecule has 0 aromatic carbocycles. The summed E-state index contributed by atoms with van der Waals surface area (Å²) in [4.78, 5) is 19.1. The second-order valence-electron chi connectivity index (χ2n) is 6.18. The number of nitrogens with one attached hydrogen (secondary N) is 2. The van der Waals surface area contributed by atoms with Gasteiger partial charge in [0.25, 0.3) is 0 Å². The van der Waals surface area contributed by atoms with Crippen LogP contribution in [0.4, 0.5) is 0 Å². The van der Waals surface area contributed by atoms with Crippen molar-refractivity contribution in [2.45, 2.75) is 39.7 Å². The van der Waals surface area contributed by atoms with Crippen molar-refractivity contribution in [3.05, 3.63) is 22.4 Å².